The van der Waals surface area contributed by atoms with Crippen molar-refractivity contribution in [3.8, 4) is 0 Å². The van der Waals surface area contributed by atoms with E-state index in [4.69, 9.17) is 0 Å². The Hall–Kier alpha value is -2.11. The summed E-state index contributed by atoms with van der Waals surface area (Å²) in [5.41, 5.74) is 2.13. The second kappa shape index (κ2) is 12.4. The zero-order chi connectivity index (χ0) is 26.5. The summed E-state index contributed by atoms with van der Waals surface area (Å²) in [7, 11) is 0. The first-order chi connectivity index (χ1) is 16.9. The van der Waals surface area contributed by atoms with Crippen molar-refractivity contribution in [3.63, 3.8) is 0 Å². The predicted molar refractivity (Wildman–Crippen MR) is 138 cm³/mol. The molecule has 6 heteroatoms. The molecule has 2 aliphatic carbocycles. The maximum absolute atomic E-state index is 13.2. The van der Waals surface area contributed by atoms with Gasteiger partial charge in [-0.25, -0.2) is 8.78 Å². The van der Waals surface area contributed by atoms with Gasteiger partial charge in [0.25, 0.3) is 0 Å². The smallest absolute Gasteiger partial charge is 0.249 e. The number of amides is 1. The highest BCUT2D eigenvalue weighted by Gasteiger charge is 2.49. The van der Waals surface area contributed by atoms with Gasteiger partial charge in [0.05, 0.1) is 0 Å². The van der Waals surface area contributed by atoms with Gasteiger partial charge in [-0.1, -0.05) is 71.2 Å². The van der Waals surface area contributed by atoms with E-state index in [1.807, 2.05) is 45.9 Å². The first-order valence-electron chi connectivity index (χ1n) is 13.7. The van der Waals surface area contributed by atoms with E-state index < -0.39 is 11.8 Å². The number of rotatable bonds is 12. The van der Waals surface area contributed by atoms with Gasteiger partial charge in [-0.3, -0.25) is 14.4 Å². The second-order valence-electron chi connectivity index (χ2n) is 11.9. The topological polar surface area (TPSA) is 63.2 Å². The molecular weight excluding hydrogens is 460 g/mol. The van der Waals surface area contributed by atoms with E-state index >= 15 is 0 Å². The van der Waals surface area contributed by atoms with E-state index in [9.17, 15) is 23.2 Å². The highest BCUT2D eigenvalue weighted by atomic mass is 19.3. The normalized spacial score (nSPS) is 23.5. The molecule has 2 aliphatic rings. The molecule has 0 saturated heterocycles. The molecule has 2 saturated carbocycles. The van der Waals surface area contributed by atoms with Crippen LogP contribution < -0.4 is 5.32 Å². The molecule has 0 radical (unpaired) electrons. The molecule has 0 heterocycles. The minimum Gasteiger partial charge on any atom is -0.352 e. The Bertz CT molecular complexity index is 921. The van der Waals surface area contributed by atoms with Gasteiger partial charge in [-0.2, -0.15) is 0 Å². The number of hydrogen-bond acceptors (Lipinski definition) is 3. The van der Waals surface area contributed by atoms with Crippen molar-refractivity contribution >= 4 is 17.5 Å². The van der Waals surface area contributed by atoms with Gasteiger partial charge >= 0.3 is 0 Å². The van der Waals surface area contributed by atoms with Gasteiger partial charge in [-0.15, -0.1) is 0 Å². The molecule has 200 valence electrons. The molecule has 0 bridgehead atoms. The Morgan fingerprint density at radius 3 is 2.33 bits per heavy atom. The largest absolute Gasteiger partial charge is 0.352 e. The highest BCUT2D eigenvalue weighted by Crippen LogP contribution is 2.45. The summed E-state index contributed by atoms with van der Waals surface area (Å²) in [6, 6.07) is 8.06. The van der Waals surface area contributed by atoms with Crippen LogP contribution in [-0.2, 0) is 27.3 Å². The van der Waals surface area contributed by atoms with Crippen molar-refractivity contribution in [2.75, 3.05) is 0 Å². The van der Waals surface area contributed by atoms with Crippen LogP contribution >= 0.6 is 0 Å². The summed E-state index contributed by atoms with van der Waals surface area (Å²) in [5, 5.41) is 2.94. The third-order valence-corrected chi connectivity index (χ3v) is 8.12. The molecule has 0 aromatic heterocycles. The summed E-state index contributed by atoms with van der Waals surface area (Å²) in [4.78, 5) is 37.4. The number of carbonyl (C=O) groups excluding carboxylic acids is 3. The Kier molecular flexibility index (Phi) is 9.82. The molecule has 2 fully saturated rings. The van der Waals surface area contributed by atoms with Crippen LogP contribution in [-0.4, -0.2) is 23.4 Å². The number of halogens is 2. The van der Waals surface area contributed by atoms with Crippen LogP contribution in [0.1, 0.15) is 90.2 Å². The molecule has 4 nitrogen and oxygen atoms in total. The lowest BCUT2D eigenvalue weighted by Crippen LogP contribution is -2.42. The molecule has 1 aromatic carbocycles. The van der Waals surface area contributed by atoms with Crippen LogP contribution in [0.15, 0.2) is 24.3 Å². The summed E-state index contributed by atoms with van der Waals surface area (Å²) < 4.78 is 26.3. The average molecular weight is 504 g/mol. The van der Waals surface area contributed by atoms with Crippen molar-refractivity contribution in [1.82, 2.24) is 5.32 Å². The van der Waals surface area contributed by atoms with E-state index in [0.29, 0.717) is 31.2 Å². The molecule has 0 spiro atoms. The van der Waals surface area contributed by atoms with Crippen LogP contribution in [0, 0.1) is 35.5 Å². The molecule has 0 aliphatic heterocycles. The third kappa shape index (κ3) is 8.21. The predicted octanol–water partition coefficient (Wildman–Crippen LogP) is 6.54. The van der Waals surface area contributed by atoms with Crippen LogP contribution in [0.2, 0.25) is 0 Å². The van der Waals surface area contributed by atoms with Crippen molar-refractivity contribution in [1.29, 1.82) is 0 Å². The molecule has 4 unspecified atom stereocenters. The number of nitrogens with one attached hydrogen (secondary N) is 1. The number of hydrogen-bond donors (Lipinski definition) is 1. The lowest BCUT2D eigenvalue weighted by Gasteiger charge is -2.36. The first-order valence-corrected chi connectivity index (χ1v) is 13.7. The standard InChI is InChI=1S/C30H43F2NO3/c1-19(2)29(36)33-18-25-10-6-8-22(14-25)11-20(3)27(34)15-24-9-5-7-23(13-24)12-21(4)28(35)26-16-30(31,32)17-26/h6,8,10,14,19-21,23-24,26H,5,7,9,11-13,15-18H2,1-4H3,(H,33,36). The first kappa shape index (κ1) is 28.5. The maximum atomic E-state index is 13.2. The lowest BCUT2D eigenvalue weighted by molar-refractivity contribution is -0.151. The quantitative estimate of drug-likeness (QED) is 0.352. The molecule has 4 atom stereocenters. The van der Waals surface area contributed by atoms with Crippen LogP contribution in [0.25, 0.3) is 0 Å². The maximum Gasteiger partial charge on any atom is 0.249 e. The zero-order valence-corrected chi connectivity index (χ0v) is 22.3. The van der Waals surface area contributed by atoms with Crippen LogP contribution in [0.5, 0.6) is 0 Å². The van der Waals surface area contributed by atoms with E-state index in [1.54, 1.807) is 0 Å². The van der Waals surface area contributed by atoms with Gasteiger partial charge in [0.2, 0.25) is 11.8 Å². The minimum absolute atomic E-state index is 0.00116. The van der Waals surface area contributed by atoms with E-state index in [0.717, 1.165) is 43.2 Å². The molecule has 1 amide bonds. The SMILES string of the molecule is CC(C)C(=O)NCc1cccc(CC(C)C(=O)CC2CCCC(CC(C)C(=O)C3CC(F)(F)C3)C2)c1. The Morgan fingerprint density at radius 2 is 1.67 bits per heavy atom. The van der Waals surface area contributed by atoms with E-state index in [2.05, 4.69) is 11.4 Å². The van der Waals surface area contributed by atoms with Gasteiger partial charge in [0.15, 0.2) is 0 Å². The number of benzene rings is 1. The molecule has 1 N–H and O–H groups in total. The van der Waals surface area contributed by atoms with Crippen LogP contribution in [0.3, 0.4) is 0 Å². The van der Waals surface area contributed by atoms with Crippen LogP contribution in [0.4, 0.5) is 8.78 Å². The monoisotopic (exact) mass is 503 g/mol. The minimum atomic E-state index is -2.65. The van der Waals surface area contributed by atoms with Gasteiger partial charge in [0, 0.05) is 49.5 Å². The van der Waals surface area contributed by atoms with E-state index in [1.165, 1.54) is 0 Å². The summed E-state index contributed by atoms with van der Waals surface area (Å²) in [6.07, 6.45) is 5.52. The van der Waals surface area contributed by atoms with Gasteiger partial charge in [-0.05, 0) is 42.2 Å². The Morgan fingerprint density at radius 1 is 1.00 bits per heavy atom. The number of alkyl halides is 2. The zero-order valence-electron chi connectivity index (χ0n) is 22.3. The Balaban J connectivity index is 1.44. The van der Waals surface area contributed by atoms with E-state index in [-0.39, 0.29) is 48.1 Å². The number of Topliss-reactive ketones (excluding diaryl/α,β-unsaturated/α-hetero) is 2. The third-order valence-electron chi connectivity index (χ3n) is 8.12. The molecule has 3 rings (SSSR count). The number of ketones is 2. The van der Waals surface area contributed by atoms with Crippen molar-refractivity contribution in [2.45, 2.75) is 97.9 Å². The fraction of sp³-hybridized carbons (Fsp3) is 0.700. The van der Waals surface area contributed by atoms with Gasteiger partial charge in [0.1, 0.15) is 11.6 Å². The summed E-state index contributed by atoms with van der Waals surface area (Å²) >= 11 is 0. The highest BCUT2D eigenvalue weighted by molar-refractivity contribution is 5.84. The molecule has 36 heavy (non-hydrogen) atoms. The molecule has 1 aromatic rings. The van der Waals surface area contributed by atoms with Crippen molar-refractivity contribution in [3.05, 3.63) is 35.4 Å². The van der Waals surface area contributed by atoms with Gasteiger partial charge < -0.3 is 5.32 Å². The fourth-order valence-electron chi connectivity index (χ4n) is 5.90. The average Bonchev–Trinajstić information content (AvgIpc) is 2.80. The second-order valence-corrected chi connectivity index (χ2v) is 11.9. The summed E-state index contributed by atoms with van der Waals surface area (Å²) in [5.74, 6) is -2.40. The lowest BCUT2D eigenvalue weighted by atomic mass is 9.71. The summed E-state index contributed by atoms with van der Waals surface area (Å²) in [6.45, 7) is 8.10. The fourth-order valence-corrected chi connectivity index (χ4v) is 5.90. The Labute approximate surface area is 215 Å². The van der Waals surface area contributed by atoms with Crippen molar-refractivity contribution in [2.24, 2.45) is 35.5 Å². The van der Waals surface area contributed by atoms with Crippen molar-refractivity contribution < 1.29 is 23.2 Å². The number of carbonyl (C=O) groups is 3. The molecular formula is C30H43F2NO3.